The van der Waals surface area contributed by atoms with Crippen molar-refractivity contribution in [2.45, 2.75) is 110 Å². The maximum atomic E-state index is 11.8. The van der Waals surface area contributed by atoms with E-state index in [0.717, 1.165) is 44.9 Å². The maximum absolute atomic E-state index is 11.8. The van der Waals surface area contributed by atoms with Crippen LogP contribution < -0.4 is 0 Å². The number of carboxylic acids is 2. The molecule has 26 heavy (non-hydrogen) atoms. The summed E-state index contributed by atoms with van der Waals surface area (Å²) >= 11 is 0. The highest BCUT2D eigenvalue weighted by Gasteiger charge is 2.24. The summed E-state index contributed by atoms with van der Waals surface area (Å²) in [6.45, 7) is 2.22. The molecule has 0 unspecified atom stereocenters. The summed E-state index contributed by atoms with van der Waals surface area (Å²) in [5, 5.41) is 17.6. The molecule has 0 heterocycles. The molecule has 0 aliphatic carbocycles. The van der Waals surface area contributed by atoms with Gasteiger partial charge in [0.25, 0.3) is 0 Å². The summed E-state index contributed by atoms with van der Waals surface area (Å²) in [6, 6.07) is 0. The van der Waals surface area contributed by atoms with Crippen molar-refractivity contribution in [3.05, 3.63) is 0 Å². The third-order valence-electron chi connectivity index (χ3n) is 4.85. The Morgan fingerprint density at radius 1 is 0.615 bits per heavy atom. The molecule has 0 aromatic carbocycles. The number of hydrogen-bond acceptors (Lipinski definition) is 3. The monoisotopic (exact) mass is 370 g/mol. The number of carbonyl (C=O) groups excluding carboxylic acids is 1. The summed E-state index contributed by atoms with van der Waals surface area (Å²) in [5.41, 5.74) is 0. The molecule has 0 saturated heterocycles. The standard InChI is InChI=1S/C21H38O5/c1-2-3-4-5-6-9-12-15-18(22)16-13-10-7-8-11-14-17-19(20(23)24)21(25)26/h19H,2-17H2,1H3,(H,23,24)(H,25,26). The van der Waals surface area contributed by atoms with E-state index in [1.807, 2.05) is 0 Å². The molecule has 0 aliphatic heterocycles. The highest BCUT2D eigenvalue weighted by atomic mass is 16.4. The normalized spacial score (nSPS) is 11.0. The molecule has 5 heteroatoms. The number of carboxylic acid groups (broad SMARTS) is 2. The van der Waals surface area contributed by atoms with Crippen molar-refractivity contribution in [1.82, 2.24) is 0 Å². The number of Topliss-reactive ketones (excluding diaryl/α,β-unsaturated/α-hetero) is 1. The number of carbonyl (C=O) groups is 3. The SMILES string of the molecule is CCCCCCCCCC(=O)CCCCCCCCC(C(=O)O)C(=O)O. The smallest absolute Gasteiger partial charge is 0.317 e. The van der Waals surface area contributed by atoms with Crippen molar-refractivity contribution in [3.63, 3.8) is 0 Å². The van der Waals surface area contributed by atoms with Gasteiger partial charge < -0.3 is 10.2 Å². The van der Waals surface area contributed by atoms with Crippen molar-refractivity contribution >= 4 is 17.7 Å². The Morgan fingerprint density at radius 2 is 1.00 bits per heavy atom. The van der Waals surface area contributed by atoms with Crippen LogP contribution in [0, 0.1) is 5.92 Å². The van der Waals surface area contributed by atoms with E-state index in [4.69, 9.17) is 10.2 Å². The third-order valence-corrected chi connectivity index (χ3v) is 4.85. The lowest BCUT2D eigenvalue weighted by Gasteiger charge is -2.07. The van der Waals surface area contributed by atoms with E-state index in [1.54, 1.807) is 0 Å². The fourth-order valence-corrected chi connectivity index (χ4v) is 3.13. The molecular formula is C21H38O5. The van der Waals surface area contributed by atoms with Crippen LogP contribution in [0.2, 0.25) is 0 Å². The van der Waals surface area contributed by atoms with E-state index in [2.05, 4.69) is 6.92 Å². The molecular weight excluding hydrogens is 332 g/mol. The van der Waals surface area contributed by atoms with Gasteiger partial charge in [-0.05, 0) is 19.3 Å². The first-order valence-electron chi connectivity index (χ1n) is 10.5. The van der Waals surface area contributed by atoms with Gasteiger partial charge in [0.1, 0.15) is 5.78 Å². The molecule has 0 amide bonds. The largest absolute Gasteiger partial charge is 0.481 e. The quantitative estimate of drug-likeness (QED) is 0.228. The molecule has 0 atom stereocenters. The summed E-state index contributed by atoms with van der Waals surface area (Å²) in [7, 11) is 0. The van der Waals surface area contributed by atoms with Crippen molar-refractivity contribution in [2.75, 3.05) is 0 Å². The summed E-state index contributed by atoms with van der Waals surface area (Å²) < 4.78 is 0. The zero-order chi connectivity index (χ0) is 19.6. The van der Waals surface area contributed by atoms with Crippen molar-refractivity contribution < 1.29 is 24.6 Å². The van der Waals surface area contributed by atoms with Crippen LogP contribution in [0.15, 0.2) is 0 Å². The Bertz CT molecular complexity index is 378. The van der Waals surface area contributed by atoms with Crippen LogP contribution in [-0.2, 0) is 14.4 Å². The van der Waals surface area contributed by atoms with Crippen molar-refractivity contribution in [2.24, 2.45) is 5.92 Å². The van der Waals surface area contributed by atoms with Crippen molar-refractivity contribution in [3.8, 4) is 0 Å². The van der Waals surface area contributed by atoms with Crippen LogP contribution in [-0.4, -0.2) is 27.9 Å². The molecule has 0 bridgehead atoms. The van der Waals surface area contributed by atoms with Gasteiger partial charge in [0, 0.05) is 12.8 Å². The number of hydrogen-bond donors (Lipinski definition) is 2. The van der Waals surface area contributed by atoms with E-state index in [9.17, 15) is 14.4 Å². The van der Waals surface area contributed by atoms with Crippen molar-refractivity contribution in [1.29, 1.82) is 0 Å². The van der Waals surface area contributed by atoms with E-state index in [1.165, 1.54) is 38.5 Å². The van der Waals surface area contributed by atoms with Crippen LogP contribution in [0.1, 0.15) is 110 Å². The molecule has 0 spiro atoms. The Hall–Kier alpha value is -1.39. The molecule has 5 nitrogen and oxygen atoms in total. The minimum atomic E-state index is -1.28. The molecule has 0 saturated carbocycles. The lowest BCUT2D eigenvalue weighted by Crippen LogP contribution is -2.23. The van der Waals surface area contributed by atoms with Gasteiger partial charge in [-0.2, -0.15) is 0 Å². The van der Waals surface area contributed by atoms with Gasteiger partial charge in [-0.1, -0.05) is 77.6 Å². The van der Waals surface area contributed by atoms with Crippen LogP contribution >= 0.6 is 0 Å². The molecule has 2 N–H and O–H groups in total. The minimum absolute atomic E-state index is 0.196. The van der Waals surface area contributed by atoms with Gasteiger partial charge in [0.15, 0.2) is 5.92 Å². The van der Waals surface area contributed by atoms with Gasteiger partial charge in [-0.25, -0.2) is 0 Å². The number of unbranched alkanes of at least 4 members (excludes halogenated alkanes) is 11. The average molecular weight is 371 g/mol. The molecule has 0 radical (unpaired) electrons. The molecule has 0 aromatic rings. The first kappa shape index (κ1) is 24.6. The summed E-state index contributed by atoms with van der Waals surface area (Å²) in [5.74, 6) is -3.41. The Morgan fingerprint density at radius 3 is 1.42 bits per heavy atom. The second-order valence-corrected chi connectivity index (χ2v) is 7.30. The zero-order valence-corrected chi connectivity index (χ0v) is 16.5. The molecule has 0 rings (SSSR count). The van der Waals surface area contributed by atoms with Gasteiger partial charge >= 0.3 is 11.9 Å². The Kier molecular flexibility index (Phi) is 16.1. The lowest BCUT2D eigenvalue weighted by molar-refractivity contribution is -0.154. The zero-order valence-electron chi connectivity index (χ0n) is 16.5. The molecule has 0 aromatic heterocycles. The summed E-state index contributed by atoms with van der Waals surface area (Å²) in [6.07, 6.45) is 15.7. The molecule has 152 valence electrons. The topological polar surface area (TPSA) is 91.7 Å². The average Bonchev–Trinajstić information content (AvgIpc) is 2.58. The predicted molar refractivity (Wildman–Crippen MR) is 103 cm³/mol. The van der Waals surface area contributed by atoms with Crippen LogP contribution in [0.25, 0.3) is 0 Å². The van der Waals surface area contributed by atoms with E-state index < -0.39 is 17.9 Å². The fraction of sp³-hybridized carbons (Fsp3) is 0.857. The first-order chi connectivity index (χ1) is 12.5. The van der Waals surface area contributed by atoms with E-state index >= 15 is 0 Å². The number of aliphatic carboxylic acids is 2. The first-order valence-corrected chi connectivity index (χ1v) is 10.5. The highest BCUT2D eigenvalue weighted by Crippen LogP contribution is 2.14. The van der Waals surface area contributed by atoms with Gasteiger partial charge in [0.05, 0.1) is 0 Å². The second kappa shape index (κ2) is 17.0. The van der Waals surface area contributed by atoms with E-state index in [-0.39, 0.29) is 6.42 Å². The lowest BCUT2D eigenvalue weighted by atomic mass is 10.00. The maximum Gasteiger partial charge on any atom is 0.317 e. The Balaban J connectivity index is 3.40. The minimum Gasteiger partial charge on any atom is -0.481 e. The molecule has 0 aliphatic rings. The predicted octanol–water partition coefficient (Wildman–Crippen LogP) is 5.60. The van der Waals surface area contributed by atoms with Gasteiger partial charge in [-0.3, -0.25) is 14.4 Å². The van der Waals surface area contributed by atoms with Crippen LogP contribution in [0.4, 0.5) is 0 Å². The van der Waals surface area contributed by atoms with Crippen LogP contribution in [0.3, 0.4) is 0 Å². The number of ketones is 1. The second-order valence-electron chi connectivity index (χ2n) is 7.30. The van der Waals surface area contributed by atoms with Crippen LogP contribution in [0.5, 0.6) is 0 Å². The van der Waals surface area contributed by atoms with Gasteiger partial charge in [-0.15, -0.1) is 0 Å². The number of rotatable bonds is 19. The highest BCUT2D eigenvalue weighted by molar-refractivity contribution is 5.92. The fourth-order valence-electron chi connectivity index (χ4n) is 3.13. The third kappa shape index (κ3) is 14.9. The Labute approximate surface area is 158 Å². The van der Waals surface area contributed by atoms with Gasteiger partial charge in [0.2, 0.25) is 0 Å². The summed E-state index contributed by atoms with van der Waals surface area (Å²) in [4.78, 5) is 33.3. The van der Waals surface area contributed by atoms with E-state index in [0.29, 0.717) is 18.6 Å². The molecule has 0 fully saturated rings.